The Kier molecular flexibility index (Phi) is 4.75. The molecule has 0 amide bonds. The molecule has 0 bridgehead atoms. The van der Waals surface area contributed by atoms with Crippen LogP contribution in [-0.4, -0.2) is 27.1 Å². The molecule has 2 heterocycles. The van der Waals surface area contributed by atoms with Crippen LogP contribution in [0.3, 0.4) is 0 Å². The summed E-state index contributed by atoms with van der Waals surface area (Å²) in [6, 6.07) is 10.6. The average molecular weight is 408 g/mol. The minimum Gasteiger partial charge on any atom is -0.497 e. The fourth-order valence-electron chi connectivity index (χ4n) is 3.14. The monoisotopic (exact) mass is 408 g/mol. The van der Waals surface area contributed by atoms with E-state index >= 15 is 0 Å². The molecule has 0 aliphatic rings. The number of rotatable bonds is 5. The van der Waals surface area contributed by atoms with Gasteiger partial charge in [0, 0.05) is 17.5 Å². The van der Waals surface area contributed by atoms with Crippen LogP contribution in [0.25, 0.3) is 21.9 Å². The Labute approximate surface area is 169 Å². The zero-order valence-corrected chi connectivity index (χ0v) is 16.3. The molecule has 8 heteroatoms. The number of methoxy groups -OCH3 is 3. The molecule has 0 radical (unpaired) electrons. The molecule has 4 aromatic rings. The summed E-state index contributed by atoms with van der Waals surface area (Å²) < 4.78 is 26.1. The van der Waals surface area contributed by atoms with Gasteiger partial charge in [-0.2, -0.15) is 0 Å². The van der Waals surface area contributed by atoms with Gasteiger partial charge in [-0.05, 0) is 30.3 Å². The largest absolute Gasteiger partial charge is 0.497 e. The Morgan fingerprint density at radius 1 is 0.733 bits per heavy atom. The molecule has 0 fully saturated rings. The summed E-state index contributed by atoms with van der Waals surface area (Å²) in [5, 5.41) is 0.859. The van der Waals surface area contributed by atoms with Crippen molar-refractivity contribution in [2.45, 2.75) is 0 Å². The predicted molar refractivity (Wildman–Crippen MR) is 108 cm³/mol. The number of hydrogen-bond donors (Lipinski definition) is 0. The second-order valence-electron chi connectivity index (χ2n) is 6.37. The average Bonchev–Trinajstić information content (AvgIpc) is 2.76. The Balaban J connectivity index is 1.91. The molecule has 0 N–H and O–H groups in total. The van der Waals surface area contributed by atoms with Crippen molar-refractivity contribution in [1.82, 2.24) is 0 Å². The smallest absolute Gasteiger partial charge is 0.347 e. The van der Waals surface area contributed by atoms with Crippen molar-refractivity contribution in [2.24, 2.45) is 0 Å². The highest BCUT2D eigenvalue weighted by molar-refractivity contribution is 6.11. The number of ether oxygens (including phenoxy) is 3. The molecule has 0 aliphatic carbocycles. The zero-order valence-electron chi connectivity index (χ0n) is 16.3. The van der Waals surface area contributed by atoms with Crippen LogP contribution in [0, 0.1) is 0 Å². The zero-order chi connectivity index (χ0) is 21.4. The van der Waals surface area contributed by atoms with Gasteiger partial charge in [0.1, 0.15) is 39.5 Å². The summed E-state index contributed by atoms with van der Waals surface area (Å²) in [6.45, 7) is 0. The second kappa shape index (κ2) is 7.40. The van der Waals surface area contributed by atoms with Gasteiger partial charge in [0.05, 0.1) is 26.7 Å². The summed E-state index contributed by atoms with van der Waals surface area (Å²) in [4.78, 5) is 37.9. The summed E-state index contributed by atoms with van der Waals surface area (Å²) in [7, 11) is 4.39. The maximum Gasteiger partial charge on any atom is 0.347 e. The van der Waals surface area contributed by atoms with Crippen LogP contribution in [0.5, 0.6) is 17.2 Å². The molecule has 0 saturated carbocycles. The Hall–Kier alpha value is -4.07. The van der Waals surface area contributed by atoms with E-state index in [1.54, 1.807) is 24.3 Å². The van der Waals surface area contributed by atoms with Crippen LogP contribution in [0.4, 0.5) is 0 Å². The van der Waals surface area contributed by atoms with Crippen LogP contribution < -0.4 is 25.5 Å². The lowest BCUT2D eigenvalue weighted by Crippen LogP contribution is -2.21. The molecule has 2 aromatic heterocycles. The summed E-state index contributed by atoms with van der Waals surface area (Å²) in [6.07, 6.45) is 0. The number of fused-ring (bicyclic) bond motifs is 2. The molecule has 4 rings (SSSR count). The van der Waals surface area contributed by atoms with E-state index in [1.165, 1.54) is 39.5 Å². The highest BCUT2D eigenvalue weighted by Crippen LogP contribution is 2.31. The number of carbonyl (C=O) groups is 1. The summed E-state index contributed by atoms with van der Waals surface area (Å²) in [5.41, 5.74) is -1.90. The van der Waals surface area contributed by atoms with E-state index < -0.39 is 17.0 Å². The van der Waals surface area contributed by atoms with Crippen molar-refractivity contribution < 1.29 is 27.8 Å². The number of hydrogen-bond acceptors (Lipinski definition) is 8. The lowest BCUT2D eigenvalue weighted by atomic mass is 10.0. The molecule has 2 aromatic carbocycles. The van der Waals surface area contributed by atoms with E-state index in [4.69, 9.17) is 23.0 Å². The topological polar surface area (TPSA) is 105 Å². The molecular weight excluding hydrogens is 392 g/mol. The lowest BCUT2D eigenvalue weighted by molar-refractivity contribution is 0.103. The van der Waals surface area contributed by atoms with Crippen LogP contribution >= 0.6 is 0 Å². The molecule has 30 heavy (non-hydrogen) atoms. The molecule has 0 saturated heterocycles. The van der Waals surface area contributed by atoms with Crippen molar-refractivity contribution in [3.05, 3.63) is 74.4 Å². The van der Waals surface area contributed by atoms with Gasteiger partial charge in [0.15, 0.2) is 0 Å². The van der Waals surface area contributed by atoms with E-state index in [1.807, 2.05) is 0 Å². The van der Waals surface area contributed by atoms with Gasteiger partial charge in [-0.25, -0.2) is 9.59 Å². The van der Waals surface area contributed by atoms with Crippen molar-refractivity contribution >= 4 is 27.7 Å². The molecule has 0 spiro atoms. The van der Waals surface area contributed by atoms with Crippen LogP contribution in [-0.2, 0) is 0 Å². The summed E-state index contributed by atoms with van der Waals surface area (Å²) >= 11 is 0. The van der Waals surface area contributed by atoms with Crippen molar-refractivity contribution in [3.63, 3.8) is 0 Å². The SMILES string of the molecule is COc1ccc2oc(=O)c(C(=O)c3cc4c(OC)cc(OC)cc4oc3=O)cc2c1. The third-order valence-corrected chi connectivity index (χ3v) is 4.67. The van der Waals surface area contributed by atoms with Gasteiger partial charge >= 0.3 is 11.3 Å². The van der Waals surface area contributed by atoms with E-state index in [2.05, 4.69) is 0 Å². The first-order valence-corrected chi connectivity index (χ1v) is 8.81. The third-order valence-electron chi connectivity index (χ3n) is 4.67. The fourth-order valence-corrected chi connectivity index (χ4v) is 3.14. The number of ketones is 1. The Morgan fingerprint density at radius 2 is 1.40 bits per heavy atom. The maximum atomic E-state index is 13.0. The van der Waals surface area contributed by atoms with Crippen molar-refractivity contribution in [1.29, 1.82) is 0 Å². The number of carbonyl (C=O) groups excluding carboxylic acids is 1. The minimum atomic E-state index is -0.895. The molecular formula is C22H16O8. The highest BCUT2D eigenvalue weighted by Gasteiger charge is 2.22. The van der Waals surface area contributed by atoms with Crippen molar-refractivity contribution in [2.75, 3.05) is 21.3 Å². The first kappa shape index (κ1) is 19.3. The van der Waals surface area contributed by atoms with Crippen LogP contribution in [0.15, 0.2) is 60.9 Å². The number of benzene rings is 2. The van der Waals surface area contributed by atoms with Gasteiger partial charge in [-0.1, -0.05) is 0 Å². The summed E-state index contributed by atoms with van der Waals surface area (Å²) in [5.74, 6) is 0.476. The lowest BCUT2D eigenvalue weighted by Gasteiger charge is -2.09. The quantitative estimate of drug-likeness (QED) is 0.366. The first-order chi connectivity index (χ1) is 14.4. The van der Waals surface area contributed by atoms with E-state index in [-0.39, 0.29) is 22.3 Å². The second-order valence-corrected chi connectivity index (χ2v) is 6.37. The Bertz CT molecular complexity index is 1410. The third kappa shape index (κ3) is 3.18. The van der Waals surface area contributed by atoms with Crippen LogP contribution in [0.2, 0.25) is 0 Å². The normalized spacial score (nSPS) is 10.9. The van der Waals surface area contributed by atoms with E-state index in [9.17, 15) is 14.4 Å². The Morgan fingerprint density at radius 3 is 2.07 bits per heavy atom. The van der Waals surface area contributed by atoms with E-state index in [0.29, 0.717) is 28.0 Å². The van der Waals surface area contributed by atoms with Gasteiger partial charge in [-0.15, -0.1) is 0 Å². The molecule has 0 aliphatic heterocycles. The molecule has 0 unspecified atom stereocenters. The maximum absolute atomic E-state index is 13.0. The van der Waals surface area contributed by atoms with Gasteiger partial charge < -0.3 is 23.0 Å². The first-order valence-electron chi connectivity index (χ1n) is 8.81. The fraction of sp³-hybridized carbons (Fsp3) is 0.136. The molecule has 152 valence electrons. The molecule has 0 atom stereocenters. The highest BCUT2D eigenvalue weighted by atomic mass is 16.5. The van der Waals surface area contributed by atoms with Crippen LogP contribution in [0.1, 0.15) is 15.9 Å². The van der Waals surface area contributed by atoms with Gasteiger partial charge in [0.2, 0.25) is 5.78 Å². The van der Waals surface area contributed by atoms with Gasteiger partial charge in [0.25, 0.3) is 0 Å². The van der Waals surface area contributed by atoms with Gasteiger partial charge in [-0.3, -0.25) is 4.79 Å². The van der Waals surface area contributed by atoms with Crippen molar-refractivity contribution in [3.8, 4) is 17.2 Å². The predicted octanol–water partition coefficient (Wildman–Crippen LogP) is 3.16. The van der Waals surface area contributed by atoms with E-state index in [0.717, 1.165) is 0 Å². The standard InChI is InChI=1S/C22H16O8/c1-26-12-4-5-17-11(6-12)7-15(21(24)29-17)20(23)16-10-14-18(28-3)8-13(27-2)9-19(14)30-22(16)25/h4-10H,1-3H3. The minimum absolute atomic E-state index is 0.183. The molecule has 8 nitrogen and oxygen atoms in total.